The molecule has 1 N–H and O–H groups in total. The molecule has 0 saturated carbocycles. The Kier molecular flexibility index (Phi) is 6.40. The Morgan fingerprint density at radius 1 is 1.26 bits per heavy atom. The van der Waals surface area contributed by atoms with Crippen molar-refractivity contribution in [2.24, 2.45) is 5.92 Å². The predicted octanol–water partition coefficient (Wildman–Crippen LogP) is 2.42. The van der Waals surface area contributed by atoms with Gasteiger partial charge in [0, 0.05) is 32.0 Å². The minimum atomic E-state index is -0.0246. The molecule has 2 aromatic rings. The van der Waals surface area contributed by atoms with Crippen LogP contribution in [-0.4, -0.2) is 54.5 Å². The van der Waals surface area contributed by atoms with E-state index in [4.69, 9.17) is 0 Å². The van der Waals surface area contributed by atoms with Gasteiger partial charge in [0.1, 0.15) is 0 Å². The molecule has 6 nitrogen and oxygen atoms in total. The van der Waals surface area contributed by atoms with Crippen LogP contribution < -0.4 is 10.2 Å². The van der Waals surface area contributed by atoms with Gasteiger partial charge in [-0.25, -0.2) is 9.97 Å². The second kappa shape index (κ2) is 8.95. The predicted molar refractivity (Wildman–Crippen MR) is 108 cm³/mol. The molecule has 0 radical (unpaired) electrons. The summed E-state index contributed by atoms with van der Waals surface area (Å²) in [6.45, 7) is 4.26. The van der Waals surface area contributed by atoms with Crippen LogP contribution in [0, 0.1) is 12.8 Å². The topological polar surface area (TPSA) is 61.4 Å². The lowest BCUT2D eigenvalue weighted by molar-refractivity contribution is -0.125. The van der Waals surface area contributed by atoms with E-state index in [1.54, 1.807) is 12.4 Å². The Bertz CT molecular complexity index is 732. The third-order valence-electron chi connectivity index (χ3n) is 5.18. The van der Waals surface area contributed by atoms with Crippen LogP contribution in [0.4, 0.5) is 5.95 Å². The van der Waals surface area contributed by atoms with E-state index in [0.29, 0.717) is 19.0 Å². The first kappa shape index (κ1) is 19.3. The summed E-state index contributed by atoms with van der Waals surface area (Å²) in [4.78, 5) is 25.7. The molecular weight excluding hydrogens is 338 g/mol. The van der Waals surface area contributed by atoms with Gasteiger partial charge >= 0.3 is 0 Å². The summed E-state index contributed by atoms with van der Waals surface area (Å²) in [5, 5.41) is 3.17. The van der Waals surface area contributed by atoms with Gasteiger partial charge in [-0.05, 0) is 45.5 Å². The molecule has 3 rings (SSSR count). The molecule has 0 spiro atoms. The maximum absolute atomic E-state index is 12.8. The largest absolute Gasteiger partial charge is 0.354 e. The van der Waals surface area contributed by atoms with Crippen molar-refractivity contribution in [3.63, 3.8) is 0 Å². The van der Waals surface area contributed by atoms with Crippen LogP contribution in [0.5, 0.6) is 0 Å². The lowest BCUT2D eigenvalue weighted by Crippen LogP contribution is -2.45. The Morgan fingerprint density at radius 2 is 1.96 bits per heavy atom. The molecule has 0 bridgehead atoms. The zero-order valence-corrected chi connectivity index (χ0v) is 16.4. The number of aromatic nitrogens is 2. The van der Waals surface area contributed by atoms with E-state index in [-0.39, 0.29) is 17.9 Å². The van der Waals surface area contributed by atoms with Gasteiger partial charge in [0.25, 0.3) is 0 Å². The molecular formula is C21H29N5O. The summed E-state index contributed by atoms with van der Waals surface area (Å²) >= 11 is 0. The van der Waals surface area contributed by atoms with Crippen LogP contribution in [0.2, 0.25) is 0 Å². The van der Waals surface area contributed by atoms with Gasteiger partial charge in [0.05, 0.1) is 12.0 Å². The molecule has 1 aromatic heterocycles. The molecule has 2 atom stereocenters. The minimum absolute atomic E-state index is 0.0246. The maximum Gasteiger partial charge on any atom is 0.225 e. The lowest BCUT2D eigenvalue weighted by atomic mass is 9.97. The number of carbonyl (C=O) groups is 1. The van der Waals surface area contributed by atoms with E-state index in [2.05, 4.69) is 56.3 Å². The van der Waals surface area contributed by atoms with Crippen molar-refractivity contribution in [2.45, 2.75) is 25.8 Å². The number of carbonyl (C=O) groups excluding carboxylic acids is 1. The molecule has 1 aromatic carbocycles. The Labute approximate surface area is 161 Å². The van der Waals surface area contributed by atoms with Gasteiger partial charge < -0.3 is 15.1 Å². The number of rotatable bonds is 6. The van der Waals surface area contributed by atoms with Crippen molar-refractivity contribution in [3.8, 4) is 0 Å². The molecule has 2 heterocycles. The summed E-state index contributed by atoms with van der Waals surface area (Å²) in [6.07, 6.45) is 5.38. The molecule has 0 unspecified atom stereocenters. The first-order chi connectivity index (χ1) is 13.0. The molecule has 1 amide bonds. The fourth-order valence-corrected chi connectivity index (χ4v) is 3.56. The molecule has 0 aliphatic carbocycles. The number of amides is 1. The molecule has 1 saturated heterocycles. The average Bonchev–Trinajstić information content (AvgIpc) is 2.70. The van der Waals surface area contributed by atoms with Crippen molar-refractivity contribution in [1.29, 1.82) is 0 Å². The number of hydrogen-bond donors (Lipinski definition) is 1. The average molecular weight is 367 g/mol. The zero-order chi connectivity index (χ0) is 19.2. The van der Waals surface area contributed by atoms with E-state index in [0.717, 1.165) is 19.4 Å². The number of nitrogens with zero attached hydrogens (tertiary/aromatic N) is 4. The Hall–Kier alpha value is -2.47. The highest BCUT2D eigenvalue weighted by Crippen LogP contribution is 2.21. The summed E-state index contributed by atoms with van der Waals surface area (Å²) in [7, 11) is 4.09. The van der Waals surface area contributed by atoms with E-state index < -0.39 is 0 Å². The SMILES string of the molecule is Cc1ccc([C@@H](CNC(=O)[C@H]2CCCN(c3ncccn3)C2)N(C)C)cc1. The Balaban J connectivity index is 1.59. The van der Waals surface area contributed by atoms with Gasteiger partial charge in [0.2, 0.25) is 11.9 Å². The fourth-order valence-electron chi connectivity index (χ4n) is 3.56. The maximum atomic E-state index is 12.8. The van der Waals surface area contributed by atoms with Crippen LogP contribution in [0.25, 0.3) is 0 Å². The van der Waals surface area contributed by atoms with Crippen molar-refractivity contribution in [3.05, 3.63) is 53.9 Å². The lowest BCUT2D eigenvalue weighted by Gasteiger charge is -2.32. The standard InChI is InChI=1S/C21H29N5O/c1-16-7-9-17(10-8-16)19(25(2)3)14-24-20(27)18-6-4-13-26(15-18)21-22-11-5-12-23-21/h5,7-12,18-19H,4,6,13-15H2,1-3H3,(H,24,27)/t18-,19+/m0/s1. The van der Waals surface area contributed by atoms with E-state index >= 15 is 0 Å². The summed E-state index contributed by atoms with van der Waals surface area (Å²) in [6, 6.07) is 10.5. The quantitative estimate of drug-likeness (QED) is 0.850. The molecule has 1 aliphatic rings. The van der Waals surface area contributed by atoms with Gasteiger partial charge in [-0.15, -0.1) is 0 Å². The van der Waals surface area contributed by atoms with Gasteiger partial charge in [-0.2, -0.15) is 0 Å². The third kappa shape index (κ3) is 5.04. The van der Waals surface area contributed by atoms with Crippen LogP contribution >= 0.6 is 0 Å². The van der Waals surface area contributed by atoms with Crippen LogP contribution in [0.15, 0.2) is 42.7 Å². The van der Waals surface area contributed by atoms with Crippen molar-refractivity contribution in [2.75, 3.05) is 38.6 Å². The smallest absolute Gasteiger partial charge is 0.225 e. The second-order valence-electron chi connectivity index (χ2n) is 7.47. The van der Waals surface area contributed by atoms with E-state index in [1.165, 1.54) is 11.1 Å². The summed E-state index contributed by atoms with van der Waals surface area (Å²) < 4.78 is 0. The van der Waals surface area contributed by atoms with Crippen molar-refractivity contribution >= 4 is 11.9 Å². The van der Waals surface area contributed by atoms with Crippen LogP contribution in [0.1, 0.15) is 30.0 Å². The van der Waals surface area contributed by atoms with Gasteiger partial charge in [-0.3, -0.25) is 4.79 Å². The molecule has 1 fully saturated rings. The third-order valence-corrected chi connectivity index (χ3v) is 5.18. The highest BCUT2D eigenvalue weighted by Gasteiger charge is 2.27. The molecule has 1 aliphatic heterocycles. The highest BCUT2D eigenvalue weighted by atomic mass is 16.1. The number of anilines is 1. The molecule has 27 heavy (non-hydrogen) atoms. The number of benzene rings is 1. The monoisotopic (exact) mass is 367 g/mol. The summed E-state index contributed by atoms with van der Waals surface area (Å²) in [5.74, 6) is 0.804. The van der Waals surface area contributed by atoms with Gasteiger partial charge in [-0.1, -0.05) is 29.8 Å². The normalized spacial score (nSPS) is 18.4. The van der Waals surface area contributed by atoms with Gasteiger partial charge in [0.15, 0.2) is 0 Å². The molecule has 6 heteroatoms. The van der Waals surface area contributed by atoms with Crippen LogP contribution in [-0.2, 0) is 4.79 Å². The summed E-state index contributed by atoms with van der Waals surface area (Å²) in [5.41, 5.74) is 2.46. The first-order valence-electron chi connectivity index (χ1n) is 9.57. The Morgan fingerprint density at radius 3 is 2.63 bits per heavy atom. The van der Waals surface area contributed by atoms with Crippen molar-refractivity contribution < 1.29 is 4.79 Å². The number of likely N-dealkylation sites (N-methyl/N-ethyl adjacent to an activating group) is 1. The minimum Gasteiger partial charge on any atom is -0.354 e. The first-order valence-corrected chi connectivity index (χ1v) is 9.57. The number of hydrogen-bond acceptors (Lipinski definition) is 5. The van der Waals surface area contributed by atoms with E-state index in [1.807, 2.05) is 20.2 Å². The zero-order valence-electron chi connectivity index (χ0n) is 16.4. The van der Waals surface area contributed by atoms with E-state index in [9.17, 15) is 4.79 Å². The second-order valence-corrected chi connectivity index (χ2v) is 7.47. The molecule has 144 valence electrons. The van der Waals surface area contributed by atoms with Crippen LogP contribution in [0.3, 0.4) is 0 Å². The number of aryl methyl sites for hydroxylation is 1. The number of nitrogens with one attached hydrogen (secondary N) is 1. The highest BCUT2D eigenvalue weighted by molar-refractivity contribution is 5.79. The fraction of sp³-hybridized carbons (Fsp3) is 0.476. The number of piperidine rings is 1. The van der Waals surface area contributed by atoms with Crippen molar-refractivity contribution in [1.82, 2.24) is 20.2 Å².